The average Bonchev–Trinajstić information content (AvgIpc) is 3.33. The van der Waals surface area contributed by atoms with Crippen LogP contribution in [0.25, 0.3) is 0 Å². The Morgan fingerprint density at radius 1 is 0.559 bits per heavy atom. The van der Waals surface area contributed by atoms with Crippen LogP contribution in [0.4, 0.5) is 0 Å². The molecule has 1 aromatic heterocycles. The molecule has 0 saturated heterocycles. The lowest BCUT2D eigenvalue weighted by atomic mass is 9.93. The van der Waals surface area contributed by atoms with Crippen molar-refractivity contribution in [2.24, 2.45) is 0 Å². The second-order valence-corrected chi connectivity index (χ2v) is 11.2. The van der Waals surface area contributed by atoms with Gasteiger partial charge in [0.15, 0.2) is 0 Å². The molecular formula is C32H63N2+. The summed E-state index contributed by atoms with van der Waals surface area (Å²) in [5, 5.41) is 0. The van der Waals surface area contributed by atoms with Crippen molar-refractivity contribution < 1.29 is 4.57 Å². The number of unbranched alkanes of at least 4 members (excludes halogenated alkanes) is 17. The molecule has 1 rings (SSSR count). The van der Waals surface area contributed by atoms with Crippen molar-refractivity contribution >= 4 is 0 Å². The van der Waals surface area contributed by atoms with Crippen LogP contribution in [0, 0.1) is 0 Å². The summed E-state index contributed by atoms with van der Waals surface area (Å²) < 4.78 is 2.60. The summed E-state index contributed by atoms with van der Waals surface area (Å²) in [6, 6.07) is 0.623. The van der Waals surface area contributed by atoms with Crippen molar-refractivity contribution in [3.63, 3.8) is 0 Å². The smallest absolute Gasteiger partial charge is 0.247 e. The molecule has 0 aliphatic heterocycles. The molecular weight excluding hydrogens is 412 g/mol. The molecule has 0 bridgehead atoms. The summed E-state index contributed by atoms with van der Waals surface area (Å²) in [6.45, 7) is 9.37. The number of hydrogen-bond acceptors (Lipinski definition) is 0. The van der Waals surface area contributed by atoms with Gasteiger partial charge >= 0.3 is 0 Å². The summed E-state index contributed by atoms with van der Waals surface area (Å²) >= 11 is 0. The minimum absolute atomic E-state index is 0.623. The van der Waals surface area contributed by atoms with Crippen molar-refractivity contribution in [1.82, 2.24) is 4.98 Å². The van der Waals surface area contributed by atoms with E-state index in [4.69, 9.17) is 0 Å². The predicted octanol–water partition coefficient (Wildman–Crippen LogP) is 11.0. The molecule has 0 saturated carbocycles. The summed E-state index contributed by atoms with van der Waals surface area (Å²) in [4.78, 5) is 3.70. The summed E-state index contributed by atoms with van der Waals surface area (Å²) in [5.41, 5.74) is 0. The SMILES string of the molecule is CCCCCCCCCCCCC(CCCCCCC)c1[nH]cc[n+]1C(C)CCCCCCC. The van der Waals surface area contributed by atoms with Crippen LogP contribution in [0.2, 0.25) is 0 Å². The first-order valence-corrected chi connectivity index (χ1v) is 15.8. The van der Waals surface area contributed by atoms with Gasteiger partial charge in [0, 0.05) is 0 Å². The zero-order valence-corrected chi connectivity index (χ0v) is 24.0. The van der Waals surface area contributed by atoms with E-state index in [-0.39, 0.29) is 0 Å². The Balaban J connectivity index is 2.46. The molecule has 0 aliphatic rings. The molecule has 2 nitrogen and oxygen atoms in total. The third kappa shape index (κ3) is 15.3. The molecule has 2 unspecified atom stereocenters. The van der Waals surface area contributed by atoms with E-state index in [1.807, 2.05) is 0 Å². The van der Waals surface area contributed by atoms with Crippen LogP contribution in [0.1, 0.15) is 193 Å². The third-order valence-corrected chi connectivity index (χ3v) is 7.89. The van der Waals surface area contributed by atoms with Crippen molar-refractivity contribution in [1.29, 1.82) is 0 Å². The maximum Gasteiger partial charge on any atom is 0.257 e. The molecule has 0 fully saturated rings. The molecule has 2 heteroatoms. The topological polar surface area (TPSA) is 19.7 Å². The van der Waals surface area contributed by atoms with Gasteiger partial charge in [-0.3, -0.25) is 0 Å². The van der Waals surface area contributed by atoms with Gasteiger partial charge < -0.3 is 0 Å². The van der Waals surface area contributed by atoms with Gasteiger partial charge in [0.2, 0.25) is 0 Å². The highest BCUT2D eigenvalue weighted by Crippen LogP contribution is 2.27. The van der Waals surface area contributed by atoms with Crippen LogP contribution in [0.15, 0.2) is 12.4 Å². The Morgan fingerprint density at radius 3 is 1.38 bits per heavy atom. The molecule has 34 heavy (non-hydrogen) atoms. The molecule has 1 aromatic rings. The zero-order valence-electron chi connectivity index (χ0n) is 24.0. The van der Waals surface area contributed by atoms with Crippen molar-refractivity contribution in [3.05, 3.63) is 18.2 Å². The van der Waals surface area contributed by atoms with Gasteiger partial charge in [0.1, 0.15) is 12.4 Å². The first kappa shape index (κ1) is 31.2. The highest BCUT2D eigenvalue weighted by Gasteiger charge is 2.25. The number of aromatic amines is 1. The fourth-order valence-electron chi connectivity index (χ4n) is 5.54. The number of nitrogens with zero attached hydrogens (tertiary/aromatic N) is 1. The van der Waals surface area contributed by atoms with Gasteiger partial charge in [0.05, 0.1) is 12.0 Å². The van der Waals surface area contributed by atoms with Gasteiger partial charge in [-0.1, -0.05) is 143 Å². The lowest BCUT2D eigenvalue weighted by Gasteiger charge is -2.17. The molecule has 0 radical (unpaired) electrons. The minimum Gasteiger partial charge on any atom is -0.247 e. The van der Waals surface area contributed by atoms with E-state index in [0.29, 0.717) is 12.0 Å². The second kappa shape index (κ2) is 22.7. The van der Waals surface area contributed by atoms with Crippen LogP contribution < -0.4 is 4.57 Å². The van der Waals surface area contributed by atoms with E-state index in [1.54, 1.807) is 0 Å². The van der Waals surface area contributed by atoms with Gasteiger partial charge in [0.25, 0.3) is 5.82 Å². The zero-order chi connectivity index (χ0) is 24.7. The first-order chi connectivity index (χ1) is 16.7. The van der Waals surface area contributed by atoms with Crippen LogP contribution in [0.5, 0.6) is 0 Å². The largest absolute Gasteiger partial charge is 0.257 e. The molecule has 0 spiro atoms. The predicted molar refractivity (Wildman–Crippen MR) is 152 cm³/mol. The third-order valence-electron chi connectivity index (χ3n) is 7.89. The maximum absolute atomic E-state index is 3.70. The summed E-state index contributed by atoms with van der Waals surface area (Å²) in [7, 11) is 0. The fraction of sp³-hybridized carbons (Fsp3) is 0.906. The van der Waals surface area contributed by atoms with Crippen LogP contribution in [0.3, 0.4) is 0 Å². The number of aromatic nitrogens is 2. The summed E-state index contributed by atoms with van der Waals surface area (Å²) in [5.74, 6) is 2.24. The molecule has 1 heterocycles. The molecule has 1 N–H and O–H groups in total. The average molecular weight is 476 g/mol. The molecule has 0 aromatic carbocycles. The quantitative estimate of drug-likeness (QED) is 0.107. The standard InChI is InChI=1S/C32H62N2/c1-5-8-11-14-15-16-17-18-21-24-27-31(26-23-20-13-10-7-3)32-33-28-29-34(32)30(4)25-22-19-12-9-6-2/h28-31H,5-27H2,1-4H3/p+1. The Bertz CT molecular complexity index is 535. The van der Waals surface area contributed by atoms with Gasteiger partial charge in [-0.25, -0.2) is 9.55 Å². The summed E-state index contributed by atoms with van der Waals surface area (Å²) in [6.07, 6.45) is 36.8. The molecule has 0 amide bonds. The number of rotatable bonds is 25. The normalized spacial score (nSPS) is 13.4. The van der Waals surface area contributed by atoms with E-state index < -0.39 is 0 Å². The maximum atomic E-state index is 3.70. The molecule has 200 valence electrons. The Hall–Kier alpha value is -0.790. The number of nitrogens with one attached hydrogen (secondary N) is 1. The lowest BCUT2D eigenvalue weighted by Crippen LogP contribution is -2.41. The van der Waals surface area contributed by atoms with E-state index in [0.717, 1.165) is 0 Å². The first-order valence-electron chi connectivity index (χ1n) is 15.8. The van der Waals surface area contributed by atoms with E-state index in [1.165, 1.54) is 154 Å². The monoisotopic (exact) mass is 475 g/mol. The number of imidazole rings is 1. The second-order valence-electron chi connectivity index (χ2n) is 11.2. The van der Waals surface area contributed by atoms with Crippen molar-refractivity contribution in [2.75, 3.05) is 0 Å². The van der Waals surface area contributed by atoms with Crippen molar-refractivity contribution in [2.45, 2.75) is 187 Å². The van der Waals surface area contributed by atoms with Crippen LogP contribution >= 0.6 is 0 Å². The molecule has 2 atom stereocenters. The Labute approximate surface area is 215 Å². The highest BCUT2D eigenvalue weighted by atomic mass is 15.1. The van der Waals surface area contributed by atoms with E-state index in [9.17, 15) is 0 Å². The van der Waals surface area contributed by atoms with Gasteiger partial charge in [-0.15, -0.1) is 0 Å². The fourth-order valence-corrected chi connectivity index (χ4v) is 5.54. The van der Waals surface area contributed by atoms with Gasteiger partial charge in [-0.05, 0) is 32.6 Å². The van der Waals surface area contributed by atoms with Crippen LogP contribution in [-0.4, -0.2) is 4.98 Å². The van der Waals surface area contributed by atoms with E-state index in [2.05, 4.69) is 49.6 Å². The van der Waals surface area contributed by atoms with Gasteiger partial charge in [-0.2, -0.15) is 0 Å². The molecule has 0 aliphatic carbocycles. The van der Waals surface area contributed by atoms with Crippen molar-refractivity contribution in [3.8, 4) is 0 Å². The van der Waals surface area contributed by atoms with E-state index >= 15 is 0 Å². The highest BCUT2D eigenvalue weighted by molar-refractivity contribution is 4.90. The van der Waals surface area contributed by atoms with Crippen LogP contribution in [-0.2, 0) is 0 Å². The number of hydrogen-bond donors (Lipinski definition) is 1. The minimum atomic E-state index is 0.623. The Morgan fingerprint density at radius 2 is 0.941 bits per heavy atom. The lowest BCUT2D eigenvalue weighted by molar-refractivity contribution is -0.727. The Kier molecular flexibility index (Phi) is 20.8. The number of H-pyrrole nitrogens is 1.